The maximum absolute atomic E-state index is 2.43. The van der Waals surface area contributed by atoms with E-state index in [1.165, 1.54) is 16.7 Å². The molecule has 78 valence electrons. The van der Waals surface area contributed by atoms with E-state index in [1.807, 2.05) is 0 Å². The monoisotopic (exact) mass is 191 g/mol. The molecule has 0 fully saturated rings. The van der Waals surface area contributed by atoms with Gasteiger partial charge in [0.2, 0.25) is 0 Å². The molecule has 1 aromatic carbocycles. The molecule has 1 aromatic rings. The molecule has 0 aliphatic carbocycles. The lowest BCUT2D eigenvalue weighted by molar-refractivity contribution is 0.296. The van der Waals surface area contributed by atoms with Crippen LogP contribution in [0.1, 0.15) is 30.5 Å². The number of hydrogen-bond donors (Lipinski definition) is 0. The van der Waals surface area contributed by atoms with E-state index in [1.54, 1.807) is 0 Å². The summed E-state index contributed by atoms with van der Waals surface area (Å²) in [7, 11) is 0. The van der Waals surface area contributed by atoms with Gasteiger partial charge in [-0.3, -0.25) is 4.90 Å². The zero-order chi connectivity index (χ0) is 10.6. The van der Waals surface area contributed by atoms with Crippen molar-refractivity contribution in [3.63, 3.8) is 0 Å². The van der Waals surface area contributed by atoms with Gasteiger partial charge in [0.25, 0.3) is 0 Å². The third-order valence-corrected chi connectivity index (χ3v) is 2.87. The van der Waals surface area contributed by atoms with E-state index < -0.39 is 0 Å². The van der Waals surface area contributed by atoms with E-state index in [9.17, 15) is 0 Å². The molecule has 0 saturated carbocycles. The van der Waals surface area contributed by atoms with Crippen LogP contribution in [-0.2, 0) is 6.54 Å². The molecule has 0 unspecified atom stereocenters. The van der Waals surface area contributed by atoms with Crippen LogP contribution in [0, 0.1) is 13.8 Å². The number of rotatable bonds is 4. The Hall–Kier alpha value is -0.820. The van der Waals surface area contributed by atoms with Gasteiger partial charge in [-0.25, -0.2) is 0 Å². The molecule has 0 radical (unpaired) electrons. The van der Waals surface area contributed by atoms with E-state index in [-0.39, 0.29) is 0 Å². The van der Waals surface area contributed by atoms with Crippen molar-refractivity contribution >= 4 is 0 Å². The summed E-state index contributed by atoms with van der Waals surface area (Å²) in [4.78, 5) is 2.43. The predicted molar refractivity (Wildman–Crippen MR) is 62.5 cm³/mol. The average Bonchev–Trinajstić information content (AvgIpc) is 2.19. The van der Waals surface area contributed by atoms with Gasteiger partial charge in [0.15, 0.2) is 0 Å². The molecule has 0 spiro atoms. The standard InChI is InChI=1S/C13H21N/c1-5-14(6-2)10-13-8-7-11(3)12(4)9-13/h7-9H,5-6,10H2,1-4H3. The Morgan fingerprint density at radius 2 is 1.64 bits per heavy atom. The van der Waals surface area contributed by atoms with Gasteiger partial charge in [-0.15, -0.1) is 0 Å². The first-order valence-corrected chi connectivity index (χ1v) is 5.45. The van der Waals surface area contributed by atoms with Crippen molar-refractivity contribution in [2.45, 2.75) is 34.2 Å². The molecule has 14 heavy (non-hydrogen) atoms. The second kappa shape index (κ2) is 5.16. The van der Waals surface area contributed by atoms with Crippen LogP contribution < -0.4 is 0 Å². The van der Waals surface area contributed by atoms with Crippen molar-refractivity contribution in [1.29, 1.82) is 0 Å². The molecule has 1 nitrogen and oxygen atoms in total. The highest BCUT2D eigenvalue weighted by molar-refractivity contribution is 5.29. The van der Waals surface area contributed by atoms with E-state index in [0.717, 1.165) is 19.6 Å². The molecule has 0 amide bonds. The first kappa shape index (κ1) is 11.3. The lowest BCUT2D eigenvalue weighted by Crippen LogP contribution is -2.22. The minimum absolute atomic E-state index is 1.08. The highest BCUT2D eigenvalue weighted by Gasteiger charge is 2.01. The molecule has 0 saturated heterocycles. The van der Waals surface area contributed by atoms with Crippen LogP contribution in [0.25, 0.3) is 0 Å². The van der Waals surface area contributed by atoms with Gasteiger partial charge in [0.05, 0.1) is 0 Å². The van der Waals surface area contributed by atoms with Crippen LogP contribution in [0.5, 0.6) is 0 Å². The second-order valence-corrected chi connectivity index (χ2v) is 3.88. The molecule has 0 aromatic heterocycles. The maximum Gasteiger partial charge on any atom is 0.0233 e. The molecule has 1 heteroatoms. The summed E-state index contributed by atoms with van der Waals surface area (Å²) in [5.74, 6) is 0. The van der Waals surface area contributed by atoms with E-state index in [0.29, 0.717) is 0 Å². The van der Waals surface area contributed by atoms with Gasteiger partial charge in [-0.2, -0.15) is 0 Å². The van der Waals surface area contributed by atoms with Crippen LogP contribution in [-0.4, -0.2) is 18.0 Å². The quantitative estimate of drug-likeness (QED) is 0.706. The molecule has 0 atom stereocenters. The molecular formula is C13H21N. The van der Waals surface area contributed by atoms with Crippen molar-refractivity contribution in [3.05, 3.63) is 34.9 Å². The highest BCUT2D eigenvalue weighted by Crippen LogP contribution is 2.11. The normalized spacial score (nSPS) is 10.9. The summed E-state index contributed by atoms with van der Waals surface area (Å²) in [6.07, 6.45) is 0. The summed E-state index contributed by atoms with van der Waals surface area (Å²) >= 11 is 0. The molecule has 1 rings (SSSR count). The zero-order valence-electron chi connectivity index (χ0n) is 9.80. The van der Waals surface area contributed by atoms with E-state index in [4.69, 9.17) is 0 Å². The van der Waals surface area contributed by atoms with Crippen LogP contribution >= 0.6 is 0 Å². The molecule has 0 bridgehead atoms. The van der Waals surface area contributed by atoms with Crippen LogP contribution in [0.3, 0.4) is 0 Å². The number of benzene rings is 1. The van der Waals surface area contributed by atoms with Gasteiger partial charge < -0.3 is 0 Å². The van der Waals surface area contributed by atoms with Crippen LogP contribution in [0.2, 0.25) is 0 Å². The van der Waals surface area contributed by atoms with Gasteiger partial charge >= 0.3 is 0 Å². The Labute approximate surface area is 87.7 Å². The second-order valence-electron chi connectivity index (χ2n) is 3.88. The number of aryl methyl sites for hydroxylation is 2. The summed E-state index contributed by atoms with van der Waals surface area (Å²) in [5.41, 5.74) is 4.21. The van der Waals surface area contributed by atoms with Gasteiger partial charge in [-0.05, 0) is 43.6 Å². The summed E-state index contributed by atoms with van der Waals surface area (Å²) < 4.78 is 0. The first-order valence-electron chi connectivity index (χ1n) is 5.45. The number of nitrogens with zero attached hydrogens (tertiary/aromatic N) is 1. The first-order chi connectivity index (χ1) is 6.67. The minimum Gasteiger partial charge on any atom is -0.300 e. The Bertz CT molecular complexity index is 287. The van der Waals surface area contributed by atoms with E-state index in [2.05, 4.69) is 50.8 Å². The molecule has 0 aliphatic rings. The number of hydrogen-bond acceptors (Lipinski definition) is 1. The van der Waals surface area contributed by atoms with Crippen LogP contribution in [0.4, 0.5) is 0 Å². The average molecular weight is 191 g/mol. The Balaban J connectivity index is 2.72. The van der Waals surface area contributed by atoms with Crippen molar-refractivity contribution < 1.29 is 0 Å². The molecule has 0 heterocycles. The Morgan fingerprint density at radius 1 is 1.00 bits per heavy atom. The van der Waals surface area contributed by atoms with Crippen molar-refractivity contribution in [2.75, 3.05) is 13.1 Å². The SMILES string of the molecule is CCN(CC)Cc1ccc(C)c(C)c1. The Morgan fingerprint density at radius 3 is 2.14 bits per heavy atom. The maximum atomic E-state index is 2.43. The lowest BCUT2D eigenvalue weighted by atomic mass is 10.1. The third-order valence-electron chi connectivity index (χ3n) is 2.87. The molecule has 0 aliphatic heterocycles. The van der Waals surface area contributed by atoms with Gasteiger partial charge in [0, 0.05) is 6.54 Å². The summed E-state index contributed by atoms with van der Waals surface area (Å²) in [6, 6.07) is 6.75. The lowest BCUT2D eigenvalue weighted by Gasteiger charge is -2.18. The summed E-state index contributed by atoms with van der Waals surface area (Å²) in [6.45, 7) is 12.1. The fourth-order valence-electron chi connectivity index (χ4n) is 1.61. The van der Waals surface area contributed by atoms with Crippen molar-refractivity contribution in [3.8, 4) is 0 Å². The van der Waals surface area contributed by atoms with Gasteiger partial charge in [-0.1, -0.05) is 32.0 Å². The topological polar surface area (TPSA) is 3.24 Å². The summed E-state index contributed by atoms with van der Waals surface area (Å²) in [5, 5.41) is 0. The third kappa shape index (κ3) is 2.85. The van der Waals surface area contributed by atoms with Crippen LogP contribution in [0.15, 0.2) is 18.2 Å². The fourth-order valence-corrected chi connectivity index (χ4v) is 1.61. The predicted octanol–water partition coefficient (Wildman–Crippen LogP) is 3.15. The van der Waals surface area contributed by atoms with E-state index >= 15 is 0 Å². The largest absolute Gasteiger partial charge is 0.300 e. The molecular weight excluding hydrogens is 170 g/mol. The Kier molecular flexibility index (Phi) is 4.15. The fraction of sp³-hybridized carbons (Fsp3) is 0.538. The smallest absolute Gasteiger partial charge is 0.0233 e. The zero-order valence-corrected chi connectivity index (χ0v) is 9.80. The van der Waals surface area contributed by atoms with Gasteiger partial charge in [0.1, 0.15) is 0 Å². The minimum atomic E-state index is 1.08. The van der Waals surface area contributed by atoms with Crippen molar-refractivity contribution in [2.24, 2.45) is 0 Å². The van der Waals surface area contributed by atoms with Crippen molar-refractivity contribution in [1.82, 2.24) is 4.90 Å². The highest BCUT2D eigenvalue weighted by atomic mass is 15.1. The molecule has 0 N–H and O–H groups in total.